The number of rotatable bonds is 5. The van der Waals surface area contributed by atoms with Crippen molar-refractivity contribution in [1.29, 1.82) is 0 Å². The quantitative estimate of drug-likeness (QED) is 0.440. The molecule has 0 spiro atoms. The average Bonchev–Trinajstić information content (AvgIpc) is 3.49. The molecule has 4 heterocycles. The van der Waals surface area contributed by atoms with Gasteiger partial charge in [-0.15, -0.1) is 11.3 Å². The van der Waals surface area contributed by atoms with Gasteiger partial charge in [0.05, 0.1) is 17.6 Å². The van der Waals surface area contributed by atoms with E-state index in [2.05, 4.69) is 15.0 Å². The first-order valence-electron chi connectivity index (χ1n) is 10.4. The van der Waals surface area contributed by atoms with Crippen molar-refractivity contribution < 1.29 is 4.79 Å². The van der Waals surface area contributed by atoms with Gasteiger partial charge in [0, 0.05) is 68.2 Å². The predicted molar refractivity (Wildman–Crippen MR) is 124 cm³/mol. The fourth-order valence-electron chi connectivity index (χ4n) is 3.74. The predicted octanol–water partition coefficient (Wildman–Crippen LogP) is 2.30. The Balaban J connectivity index is 1.16. The Bertz CT molecular complexity index is 1320. The maximum Gasteiger partial charge on any atom is 0.258 e. The summed E-state index contributed by atoms with van der Waals surface area (Å²) in [5, 5.41) is 6.21. The summed E-state index contributed by atoms with van der Waals surface area (Å²) in [6, 6.07) is 11.4. The Morgan fingerprint density at radius 1 is 1.12 bits per heavy atom. The summed E-state index contributed by atoms with van der Waals surface area (Å²) < 4.78 is 3.34. The van der Waals surface area contributed by atoms with E-state index in [1.54, 1.807) is 39.7 Å². The van der Waals surface area contributed by atoms with Crippen molar-refractivity contribution >= 4 is 28.3 Å². The van der Waals surface area contributed by atoms with Gasteiger partial charge in [0.1, 0.15) is 0 Å². The minimum Gasteiger partial charge on any atom is -0.337 e. The first kappa shape index (κ1) is 20.3. The molecule has 1 fully saturated rings. The number of carbonyl (C=O) groups is 1. The van der Waals surface area contributed by atoms with Gasteiger partial charge in [-0.05, 0) is 18.2 Å². The van der Waals surface area contributed by atoms with Gasteiger partial charge in [-0.2, -0.15) is 5.10 Å². The standard InChI is InChI=1S/C23H22N6O2S/c30-21(7-6-18-15-24-29(16-18)20-4-2-1-3-5-20)27-10-8-26(9-11-27)17-19-14-22(31)28-12-13-32-23(28)25-19/h1-7,12-16H,8-11,17H2. The molecule has 9 heteroatoms. The number of hydrogen-bond donors (Lipinski definition) is 0. The molecular weight excluding hydrogens is 424 g/mol. The highest BCUT2D eigenvalue weighted by molar-refractivity contribution is 7.15. The molecule has 1 amide bonds. The van der Waals surface area contributed by atoms with Crippen LogP contribution >= 0.6 is 11.3 Å². The molecule has 0 N–H and O–H groups in total. The number of para-hydroxylation sites is 1. The molecule has 1 aromatic carbocycles. The van der Waals surface area contributed by atoms with E-state index in [0.717, 1.165) is 30.0 Å². The van der Waals surface area contributed by atoms with Crippen molar-refractivity contribution in [2.45, 2.75) is 6.54 Å². The minimum atomic E-state index is -0.0548. The van der Waals surface area contributed by atoms with Crippen LogP contribution in [0.2, 0.25) is 0 Å². The average molecular weight is 447 g/mol. The van der Waals surface area contributed by atoms with Crippen LogP contribution in [-0.2, 0) is 11.3 Å². The van der Waals surface area contributed by atoms with Gasteiger partial charge in [0.15, 0.2) is 4.96 Å². The lowest BCUT2D eigenvalue weighted by Gasteiger charge is -2.34. The van der Waals surface area contributed by atoms with Crippen molar-refractivity contribution in [2.24, 2.45) is 0 Å². The third-order valence-corrected chi connectivity index (χ3v) is 6.22. The third-order valence-electron chi connectivity index (χ3n) is 5.47. The van der Waals surface area contributed by atoms with E-state index >= 15 is 0 Å². The van der Waals surface area contributed by atoms with Crippen LogP contribution in [0.3, 0.4) is 0 Å². The van der Waals surface area contributed by atoms with Crippen molar-refractivity contribution in [3.63, 3.8) is 0 Å². The number of piperazine rings is 1. The molecular formula is C23H22N6O2S. The van der Waals surface area contributed by atoms with Gasteiger partial charge < -0.3 is 4.90 Å². The van der Waals surface area contributed by atoms with E-state index in [0.29, 0.717) is 24.6 Å². The smallest absolute Gasteiger partial charge is 0.258 e. The van der Waals surface area contributed by atoms with Gasteiger partial charge in [0.25, 0.3) is 5.56 Å². The molecule has 4 aromatic rings. The van der Waals surface area contributed by atoms with E-state index in [1.807, 2.05) is 46.8 Å². The molecule has 0 unspecified atom stereocenters. The molecule has 1 aliphatic heterocycles. The molecule has 0 aliphatic carbocycles. The van der Waals surface area contributed by atoms with Crippen LogP contribution in [0.15, 0.2) is 71.2 Å². The summed E-state index contributed by atoms with van der Waals surface area (Å²) in [5.41, 5.74) is 2.57. The third kappa shape index (κ3) is 4.39. The van der Waals surface area contributed by atoms with Crippen LogP contribution in [0.25, 0.3) is 16.7 Å². The summed E-state index contributed by atoms with van der Waals surface area (Å²) in [7, 11) is 0. The minimum absolute atomic E-state index is 0.00603. The summed E-state index contributed by atoms with van der Waals surface area (Å²) in [4.78, 5) is 34.1. The lowest BCUT2D eigenvalue weighted by Crippen LogP contribution is -2.48. The summed E-state index contributed by atoms with van der Waals surface area (Å²) >= 11 is 1.45. The van der Waals surface area contributed by atoms with Crippen LogP contribution < -0.4 is 5.56 Å². The van der Waals surface area contributed by atoms with Crippen molar-refractivity contribution in [1.82, 2.24) is 29.0 Å². The number of benzene rings is 1. The van der Waals surface area contributed by atoms with Gasteiger partial charge >= 0.3 is 0 Å². The molecule has 32 heavy (non-hydrogen) atoms. The maximum absolute atomic E-state index is 12.6. The van der Waals surface area contributed by atoms with E-state index < -0.39 is 0 Å². The van der Waals surface area contributed by atoms with E-state index in [1.165, 1.54) is 11.3 Å². The normalized spacial score (nSPS) is 15.1. The topological polar surface area (TPSA) is 75.7 Å². The van der Waals surface area contributed by atoms with E-state index in [-0.39, 0.29) is 11.5 Å². The monoisotopic (exact) mass is 446 g/mol. The van der Waals surface area contributed by atoms with Crippen molar-refractivity contribution in [3.05, 3.63) is 88.1 Å². The summed E-state index contributed by atoms with van der Waals surface area (Å²) in [6.07, 6.45) is 8.79. The molecule has 0 saturated carbocycles. The van der Waals surface area contributed by atoms with Crippen LogP contribution in [0.5, 0.6) is 0 Å². The summed E-state index contributed by atoms with van der Waals surface area (Å²) in [5.74, 6) is -0.00603. The van der Waals surface area contributed by atoms with Gasteiger partial charge in [-0.1, -0.05) is 18.2 Å². The van der Waals surface area contributed by atoms with Crippen molar-refractivity contribution in [2.75, 3.05) is 26.2 Å². The van der Waals surface area contributed by atoms with Gasteiger partial charge in [-0.25, -0.2) is 9.67 Å². The van der Waals surface area contributed by atoms with Gasteiger partial charge in [-0.3, -0.25) is 18.9 Å². The number of fused-ring (bicyclic) bond motifs is 1. The molecule has 0 bridgehead atoms. The molecule has 3 aromatic heterocycles. The number of aromatic nitrogens is 4. The highest BCUT2D eigenvalue weighted by Gasteiger charge is 2.20. The first-order chi connectivity index (χ1) is 15.7. The zero-order valence-corrected chi connectivity index (χ0v) is 18.2. The molecule has 5 rings (SSSR count). The molecule has 1 saturated heterocycles. The number of nitrogens with zero attached hydrogens (tertiary/aromatic N) is 6. The highest BCUT2D eigenvalue weighted by Crippen LogP contribution is 2.12. The second kappa shape index (κ2) is 8.89. The Hall–Kier alpha value is -3.56. The molecule has 8 nitrogen and oxygen atoms in total. The maximum atomic E-state index is 12.6. The molecule has 0 atom stereocenters. The SMILES string of the molecule is O=C(C=Cc1cnn(-c2ccccc2)c1)N1CCN(Cc2cc(=O)n3ccsc3n2)CC1. The fraction of sp³-hybridized carbons (Fsp3) is 0.217. The second-order valence-corrected chi connectivity index (χ2v) is 8.50. The summed E-state index contributed by atoms with van der Waals surface area (Å²) in [6.45, 7) is 3.40. The van der Waals surface area contributed by atoms with Crippen LogP contribution in [-0.4, -0.2) is 61.1 Å². The zero-order chi connectivity index (χ0) is 21.9. The van der Waals surface area contributed by atoms with Crippen LogP contribution in [0, 0.1) is 0 Å². The van der Waals surface area contributed by atoms with Crippen LogP contribution in [0.4, 0.5) is 0 Å². The lowest BCUT2D eigenvalue weighted by atomic mass is 10.2. The number of hydrogen-bond acceptors (Lipinski definition) is 6. The Morgan fingerprint density at radius 2 is 1.94 bits per heavy atom. The first-order valence-corrected chi connectivity index (χ1v) is 11.3. The van der Waals surface area contributed by atoms with E-state index in [4.69, 9.17) is 0 Å². The van der Waals surface area contributed by atoms with E-state index in [9.17, 15) is 9.59 Å². The number of thiazole rings is 1. The largest absolute Gasteiger partial charge is 0.337 e. The Labute approximate surface area is 188 Å². The molecule has 162 valence electrons. The van der Waals surface area contributed by atoms with Crippen molar-refractivity contribution in [3.8, 4) is 5.69 Å². The Morgan fingerprint density at radius 3 is 2.75 bits per heavy atom. The van der Waals surface area contributed by atoms with Gasteiger partial charge in [0.2, 0.25) is 5.91 Å². The molecule has 0 radical (unpaired) electrons. The second-order valence-electron chi connectivity index (χ2n) is 7.63. The fourth-order valence-corrected chi connectivity index (χ4v) is 4.48. The highest BCUT2D eigenvalue weighted by atomic mass is 32.1. The number of carbonyl (C=O) groups excluding carboxylic acids is 1. The van der Waals surface area contributed by atoms with Crippen LogP contribution in [0.1, 0.15) is 11.3 Å². The lowest BCUT2D eigenvalue weighted by molar-refractivity contribution is -0.127. The Kier molecular flexibility index (Phi) is 5.66. The number of amides is 1. The molecule has 1 aliphatic rings. The zero-order valence-electron chi connectivity index (χ0n) is 17.4.